The number of carboxylic acid groups (broad SMARTS) is 1. The lowest BCUT2D eigenvalue weighted by Gasteiger charge is -2.24. The predicted octanol–water partition coefficient (Wildman–Crippen LogP) is 2.85. The van der Waals surface area contributed by atoms with Crippen LogP contribution < -0.4 is 0 Å². The van der Waals surface area contributed by atoms with Gasteiger partial charge in [-0.05, 0) is 18.2 Å². The van der Waals surface area contributed by atoms with Gasteiger partial charge in [-0.15, -0.1) is 23.2 Å². The summed E-state index contributed by atoms with van der Waals surface area (Å²) in [6.45, 7) is 1.71. The van der Waals surface area contributed by atoms with Crippen molar-refractivity contribution in [3.8, 4) is 0 Å². The van der Waals surface area contributed by atoms with E-state index in [2.05, 4.69) is 0 Å². The van der Waals surface area contributed by atoms with Crippen LogP contribution >= 0.6 is 34.8 Å². The van der Waals surface area contributed by atoms with E-state index in [1.165, 1.54) is 12.1 Å². The van der Waals surface area contributed by atoms with Crippen LogP contribution in [0.15, 0.2) is 23.1 Å². The smallest absolute Gasteiger partial charge is 0.337 e. The Morgan fingerprint density at radius 1 is 1.45 bits per heavy atom. The van der Waals surface area contributed by atoms with Gasteiger partial charge in [0.25, 0.3) is 0 Å². The molecule has 112 valence electrons. The second-order valence-electron chi connectivity index (χ2n) is 3.74. The van der Waals surface area contributed by atoms with Crippen molar-refractivity contribution in [2.45, 2.75) is 17.3 Å². The van der Waals surface area contributed by atoms with Crippen LogP contribution in [0.1, 0.15) is 17.3 Å². The van der Waals surface area contributed by atoms with Crippen LogP contribution in [-0.2, 0) is 10.0 Å². The van der Waals surface area contributed by atoms with E-state index in [9.17, 15) is 13.2 Å². The summed E-state index contributed by atoms with van der Waals surface area (Å²) in [6.07, 6.45) is 0. The summed E-state index contributed by atoms with van der Waals surface area (Å²) in [4.78, 5) is 10.8. The van der Waals surface area contributed by atoms with Crippen LogP contribution in [0.25, 0.3) is 0 Å². The largest absolute Gasteiger partial charge is 0.478 e. The molecule has 0 aliphatic rings. The van der Waals surface area contributed by atoms with E-state index >= 15 is 0 Å². The van der Waals surface area contributed by atoms with Crippen LogP contribution in [0, 0.1) is 0 Å². The molecule has 0 saturated carbocycles. The van der Waals surface area contributed by atoms with Gasteiger partial charge >= 0.3 is 5.97 Å². The number of benzene rings is 1. The van der Waals surface area contributed by atoms with Gasteiger partial charge in [-0.3, -0.25) is 0 Å². The molecule has 5 nitrogen and oxygen atoms in total. The monoisotopic (exact) mass is 359 g/mol. The summed E-state index contributed by atoms with van der Waals surface area (Å²) in [6, 6.07) is 3.45. The minimum Gasteiger partial charge on any atom is -0.478 e. The Bertz CT molecular complexity index is 606. The number of hydrogen-bond donors (Lipinski definition) is 1. The fourth-order valence-corrected chi connectivity index (χ4v) is 3.95. The summed E-state index contributed by atoms with van der Waals surface area (Å²) < 4.78 is 25.8. The van der Waals surface area contributed by atoms with Gasteiger partial charge in [-0.25, -0.2) is 13.2 Å². The molecule has 0 bridgehead atoms. The molecule has 1 aromatic carbocycles. The fraction of sp³-hybridized carbons (Fsp3) is 0.364. The lowest BCUT2D eigenvalue weighted by molar-refractivity contribution is 0.0697. The van der Waals surface area contributed by atoms with Crippen molar-refractivity contribution in [2.75, 3.05) is 12.4 Å². The number of carboxylic acids is 1. The summed E-state index contributed by atoms with van der Waals surface area (Å²) in [5.74, 6) is -1.40. The Kier molecular flexibility index (Phi) is 6.09. The van der Waals surface area contributed by atoms with E-state index in [-0.39, 0.29) is 27.9 Å². The molecule has 0 aliphatic carbocycles. The molecule has 0 aromatic heterocycles. The van der Waals surface area contributed by atoms with Crippen molar-refractivity contribution < 1.29 is 18.3 Å². The number of nitrogens with zero attached hydrogens (tertiary/aromatic N) is 1. The molecule has 0 spiro atoms. The normalized spacial score (nSPS) is 13.4. The van der Waals surface area contributed by atoms with E-state index in [1.807, 2.05) is 0 Å². The van der Waals surface area contributed by atoms with Crippen LogP contribution in [0.3, 0.4) is 0 Å². The van der Waals surface area contributed by atoms with Gasteiger partial charge in [0.1, 0.15) is 5.50 Å². The minimum atomic E-state index is -3.94. The van der Waals surface area contributed by atoms with Gasteiger partial charge < -0.3 is 5.11 Å². The highest BCUT2D eigenvalue weighted by atomic mass is 35.5. The summed E-state index contributed by atoms with van der Waals surface area (Å²) >= 11 is 17.2. The Morgan fingerprint density at radius 3 is 2.50 bits per heavy atom. The van der Waals surface area contributed by atoms with Crippen LogP contribution in [0.5, 0.6) is 0 Å². The first-order valence-electron chi connectivity index (χ1n) is 5.50. The first-order chi connectivity index (χ1) is 9.25. The van der Waals surface area contributed by atoms with Crippen molar-refractivity contribution in [1.29, 1.82) is 0 Å². The van der Waals surface area contributed by atoms with E-state index in [0.717, 1.165) is 10.4 Å². The third-order valence-electron chi connectivity index (χ3n) is 2.53. The average Bonchev–Trinajstić information content (AvgIpc) is 2.38. The van der Waals surface area contributed by atoms with Crippen LogP contribution in [-0.4, -0.2) is 41.7 Å². The summed E-state index contributed by atoms with van der Waals surface area (Å²) in [5, 5.41) is 8.92. The maximum atomic E-state index is 12.4. The molecule has 1 unspecified atom stereocenters. The molecule has 20 heavy (non-hydrogen) atoms. The van der Waals surface area contributed by atoms with E-state index in [0.29, 0.717) is 0 Å². The number of sulfonamides is 1. The Labute approximate surface area is 132 Å². The topological polar surface area (TPSA) is 74.7 Å². The van der Waals surface area contributed by atoms with Gasteiger partial charge in [0, 0.05) is 6.54 Å². The molecule has 0 radical (unpaired) electrons. The molecule has 1 rings (SSSR count). The molecular weight excluding hydrogens is 349 g/mol. The lowest BCUT2D eigenvalue weighted by Crippen LogP contribution is -2.38. The highest BCUT2D eigenvalue weighted by Crippen LogP contribution is 2.25. The molecule has 1 atom stereocenters. The SMILES string of the molecule is CCN(C(Cl)CCl)S(=O)(=O)c1ccc(Cl)c(C(=O)O)c1. The van der Waals surface area contributed by atoms with E-state index in [4.69, 9.17) is 39.9 Å². The third kappa shape index (κ3) is 3.56. The zero-order valence-corrected chi connectivity index (χ0v) is 13.5. The molecule has 9 heteroatoms. The van der Waals surface area contributed by atoms with Gasteiger partial charge in [-0.2, -0.15) is 4.31 Å². The molecule has 0 heterocycles. The maximum absolute atomic E-state index is 12.4. The quantitative estimate of drug-likeness (QED) is 0.625. The molecule has 0 saturated heterocycles. The molecule has 0 aliphatic heterocycles. The highest BCUT2D eigenvalue weighted by Gasteiger charge is 2.29. The summed E-state index contributed by atoms with van der Waals surface area (Å²) in [7, 11) is -3.94. The number of carbonyl (C=O) groups is 1. The molecule has 0 amide bonds. The molecular formula is C11H12Cl3NO4S. The third-order valence-corrected chi connectivity index (χ3v) is 5.79. The predicted molar refractivity (Wildman–Crippen MR) is 78.3 cm³/mol. The zero-order chi connectivity index (χ0) is 15.5. The lowest BCUT2D eigenvalue weighted by atomic mass is 10.2. The number of rotatable bonds is 6. The highest BCUT2D eigenvalue weighted by molar-refractivity contribution is 7.89. The average molecular weight is 361 g/mol. The second kappa shape index (κ2) is 6.95. The Hall–Kier alpha value is -0.530. The van der Waals surface area contributed by atoms with Crippen molar-refractivity contribution in [1.82, 2.24) is 4.31 Å². The van der Waals surface area contributed by atoms with Crippen LogP contribution in [0.4, 0.5) is 0 Å². The fourth-order valence-electron chi connectivity index (χ4n) is 1.56. The Balaban J connectivity index is 3.35. The molecule has 1 aromatic rings. The first kappa shape index (κ1) is 17.5. The number of aromatic carboxylic acids is 1. The Morgan fingerprint density at radius 2 is 2.05 bits per heavy atom. The molecule has 1 N–H and O–H groups in total. The minimum absolute atomic E-state index is 0.0423. The van der Waals surface area contributed by atoms with Gasteiger partial charge in [0.2, 0.25) is 10.0 Å². The van der Waals surface area contributed by atoms with Crippen molar-refractivity contribution in [2.24, 2.45) is 0 Å². The van der Waals surface area contributed by atoms with Crippen molar-refractivity contribution in [3.05, 3.63) is 28.8 Å². The number of hydrogen-bond acceptors (Lipinski definition) is 3. The second-order valence-corrected chi connectivity index (χ2v) is 6.85. The number of halogens is 3. The van der Waals surface area contributed by atoms with Gasteiger partial charge in [0.05, 0.1) is 21.4 Å². The summed E-state index contributed by atoms with van der Waals surface area (Å²) in [5.41, 5.74) is -1.21. The molecule has 0 fully saturated rings. The first-order valence-corrected chi connectivity index (χ1v) is 8.29. The maximum Gasteiger partial charge on any atom is 0.337 e. The van der Waals surface area contributed by atoms with Gasteiger partial charge in [0.15, 0.2) is 0 Å². The number of alkyl halides is 2. The van der Waals surface area contributed by atoms with E-state index in [1.54, 1.807) is 6.92 Å². The van der Waals surface area contributed by atoms with Crippen molar-refractivity contribution in [3.63, 3.8) is 0 Å². The standard InChI is InChI=1S/C11H12Cl3NO4S/c1-2-15(10(14)6-12)20(18,19)7-3-4-9(13)8(5-7)11(16)17/h3-5,10H,2,6H2,1H3,(H,16,17). The zero-order valence-electron chi connectivity index (χ0n) is 10.4. The van der Waals surface area contributed by atoms with Gasteiger partial charge in [-0.1, -0.05) is 18.5 Å². The van der Waals surface area contributed by atoms with Crippen molar-refractivity contribution >= 4 is 50.8 Å². The van der Waals surface area contributed by atoms with Crippen LogP contribution in [0.2, 0.25) is 5.02 Å². The van der Waals surface area contributed by atoms with E-state index < -0.39 is 21.5 Å².